The number of hydrogen-bond donors (Lipinski definition) is 0. The van der Waals surface area contributed by atoms with Crippen molar-refractivity contribution >= 4 is 56.3 Å². The Balaban J connectivity index is 1.50. The number of piperidine rings is 1. The smallest absolute Gasteiger partial charge is 0.410 e. The monoisotopic (exact) mass is 806 g/mol. The lowest BCUT2D eigenvalue weighted by atomic mass is 9.88. The predicted molar refractivity (Wildman–Crippen MR) is 206 cm³/mol. The van der Waals surface area contributed by atoms with E-state index in [1.54, 1.807) is 0 Å². The summed E-state index contributed by atoms with van der Waals surface area (Å²) >= 11 is 2.23. The normalized spacial score (nSPS) is 20.0. The van der Waals surface area contributed by atoms with Gasteiger partial charge in [0.25, 0.3) is 0 Å². The van der Waals surface area contributed by atoms with E-state index in [0.29, 0.717) is 26.7 Å². The molecule has 13 heteroatoms. The van der Waals surface area contributed by atoms with Crippen molar-refractivity contribution in [3.63, 3.8) is 0 Å². The number of fused-ring (bicyclic) bond motifs is 3. The van der Waals surface area contributed by atoms with E-state index >= 15 is 0 Å². The van der Waals surface area contributed by atoms with Gasteiger partial charge in [-0.05, 0) is 87.2 Å². The molecule has 5 rings (SSSR count). The van der Waals surface area contributed by atoms with Crippen LogP contribution in [-0.4, -0.2) is 91.1 Å². The molecule has 0 saturated carbocycles. The highest BCUT2D eigenvalue weighted by Crippen LogP contribution is 2.44. The van der Waals surface area contributed by atoms with Gasteiger partial charge in [-0.15, -0.1) is 0 Å². The van der Waals surface area contributed by atoms with Crippen LogP contribution in [0.25, 0.3) is 16.8 Å². The maximum absolute atomic E-state index is 13.2. The molecule has 1 amide bonds. The Kier molecular flexibility index (Phi) is 11.6. The lowest BCUT2D eigenvalue weighted by Gasteiger charge is -2.39. The number of aromatic nitrogens is 4. The molecule has 0 radical (unpaired) electrons. The first-order chi connectivity index (χ1) is 22.5. The van der Waals surface area contributed by atoms with Gasteiger partial charge in [-0.1, -0.05) is 45.3 Å². The van der Waals surface area contributed by atoms with Gasteiger partial charge in [0.05, 0.1) is 6.20 Å². The zero-order valence-electron chi connectivity index (χ0n) is 30.4. The summed E-state index contributed by atoms with van der Waals surface area (Å²) in [5.41, 5.74) is 3.21. The van der Waals surface area contributed by atoms with Crippen molar-refractivity contribution in [2.75, 3.05) is 31.6 Å². The van der Waals surface area contributed by atoms with Gasteiger partial charge in [-0.25, -0.2) is 14.8 Å². The second-order valence-electron chi connectivity index (χ2n) is 16.9. The van der Waals surface area contributed by atoms with E-state index in [4.69, 9.17) is 24.3 Å². The molecule has 0 aromatic carbocycles. The van der Waals surface area contributed by atoms with Gasteiger partial charge in [-0.2, -0.15) is 9.61 Å². The number of hydrogen-bond acceptors (Lipinski definition) is 8. The number of anilines is 1. The first-order valence-electron chi connectivity index (χ1n) is 17.4. The second kappa shape index (κ2) is 15.0. The fraction of sp³-hybridized carbons (Fsp3) is 0.657. The van der Waals surface area contributed by atoms with Crippen LogP contribution in [0.4, 0.5) is 10.6 Å². The Labute approximate surface area is 302 Å². The standard InChI is InChI=1S/C35H55IN6O4Si2/c1-35(2,3)46-34(43)41-27-11-12-28(41)19-26(18-27)30-20-32(42-33(39-30)29(22-38-42)25-10-13-31(36)37-21-25)40(23-44-14-16-47(4,5)6)24-45-15-17-48(7,8)9/h10,13,20-22,26-28H,11-12,14-19,23-24H2,1-9H3. The third-order valence-corrected chi connectivity index (χ3v) is 13.1. The van der Waals surface area contributed by atoms with Crippen LogP contribution in [-0.2, 0) is 14.2 Å². The molecule has 3 aromatic heterocycles. The summed E-state index contributed by atoms with van der Waals surface area (Å²) < 4.78 is 21.4. The molecule has 2 atom stereocenters. The quantitative estimate of drug-likeness (QED) is 0.0559. The third kappa shape index (κ3) is 9.79. The first kappa shape index (κ1) is 37.2. The molecule has 2 aliphatic rings. The zero-order chi connectivity index (χ0) is 34.9. The van der Waals surface area contributed by atoms with Crippen molar-refractivity contribution in [1.29, 1.82) is 0 Å². The van der Waals surface area contributed by atoms with Crippen molar-refractivity contribution < 1.29 is 19.0 Å². The predicted octanol–water partition coefficient (Wildman–Crippen LogP) is 8.47. The topological polar surface area (TPSA) is 94.3 Å². The van der Waals surface area contributed by atoms with E-state index < -0.39 is 21.7 Å². The van der Waals surface area contributed by atoms with Gasteiger partial charge in [0.15, 0.2) is 5.65 Å². The van der Waals surface area contributed by atoms with Crippen molar-refractivity contribution in [3.05, 3.63) is 40.0 Å². The zero-order valence-corrected chi connectivity index (χ0v) is 34.5. The molecule has 2 unspecified atom stereocenters. The Morgan fingerprint density at radius 2 is 1.56 bits per heavy atom. The van der Waals surface area contributed by atoms with Gasteiger partial charge in [0.2, 0.25) is 0 Å². The molecule has 0 N–H and O–H groups in total. The second-order valence-corrected chi connectivity index (χ2v) is 29.2. The molecular weight excluding hydrogens is 751 g/mol. The molecule has 0 aliphatic carbocycles. The summed E-state index contributed by atoms with van der Waals surface area (Å²) in [4.78, 5) is 27.3. The molecule has 48 heavy (non-hydrogen) atoms. The Morgan fingerprint density at radius 1 is 0.958 bits per heavy atom. The number of carbonyl (C=O) groups is 1. The van der Waals surface area contributed by atoms with Crippen molar-refractivity contribution in [3.8, 4) is 11.1 Å². The Morgan fingerprint density at radius 3 is 2.08 bits per heavy atom. The van der Waals surface area contributed by atoms with Crippen LogP contribution in [0, 0.1) is 3.70 Å². The minimum absolute atomic E-state index is 0.140. The number of amides is 1. The van der Waals surface area contributed by atoms with E-state index in [0.717, 1.165) is 69.8 Å². The highest BCUT2D eigenvalue weighted by atomic mass is 127. The molecule has 2 fully saturated rings. The van der Waals surface area contributed by atoms with Crippen LogP contribution in [0.2, 0.25) is 51.4 Å². The van der Waals surface area contributed by atoms with Crippen LogP contribution in [0.3, 0.4) is 0 Å². The lowest BCUT2D eigenvalue weighted by Crippen LogP contribution is -2.48. The summed E-state index contributed by atoms with van der Waals surface area (Å²) in [6.45, 7) is 22.3. The molecule has 0 spiro atoms. The molecule has 2 saturated heterocycles. The van der Waals surface area contributed by atoms with Gasteiger partial charge < -0.3 is 24.0 Å². The van der Waals surface area contributed by atoms with Crippen LogP contribution < -0.4 is 4.90 Å². The van der Waals surface area contributed by atoms with E-state index in [1.807, 2.05) is 48.6 Å². The van der Waals surface area contributed by atoms with Gasteiger partial charge >= 0.3 is 6.09 Å². The molecule has 5 heterocycles. The molecule has 3 aromatic rings. The third-order valence-electron chi connectivity index (χ3n) is 9.08. The van der Waals surface area contributed by atoms with E-state index in [9.17, 15) is 4.79 Å². The molecule has 10 nitrogen and oxygen atoms in total. The Bertz CT molecular complexity index is 1510. The molecule has 2 bridgehead atoms. The van der Waals surface area contributed by atoms with E-state index in [2.05, 4.69) is 83.9 Å². The first-order valence-corrected chi connectivity index (χ1v) is 25.9. The molecular formula is C35H55IN6O4Si2. The average Bonchev–Trinajstić information content (AvgIpc) is 3.52. The van der Waals surface area contributed by atoms with Crippen LogP contribution in [0.15, 0.2) is 30.6 Å². The SMILES string of the molecule is CC(C)(C)OC(=O)N1C2CCC1CC(c1cc(N(COCC[Si](C)(C)C)COCC[Si](C)(C)C)n3ncc(-c4ccc(I)nc4)c3n1)C2. The average molecular weight is 807 g/mol. The van der Waals surface area contributed by atoms with Crippen molar-refractivity contribution in [2.45, 2.75) is 121 Å². The van der Waals surface area contributed by atoms with Gasteiger partial charge in [-0.3, -0.25) is 0 Å². The van der Waals surface area contributed by atoms with Crippen LogP contribution in [0.1, 0.15) is 58.1 Å². The van der Waals surface area contributed by atoms with Crippen LogP contribution in [0.5, 0.6) is 0 Å². The number of halogens is 1. The molecule has 264 valence electrons. The van der Waals surface area contributed by atoms with Crippen molar-refractivity contribution in [1.82, 2.24) is 24.5 Å². The van der Waals surface area contributed by atoms with E-state index in [-0.39, 0.29) is 24.1 Å². The summed E-state index contributed by atoms with van der Waals surface area (Å²) in [5.74, 6) is 1.10. The lowest BCUT2D eigenvalue weighted by molar-refractivity contribution is 0.00569. The highest BCUT2D eigenvalue weighted by Gasteiger charge is 2.45. The number of ether oxygens (including phenoxy) is 3. The number of carbonyl (C=O) groups excluding carboxylic acids is 1. The van der Waals surface area contributed by atoms with Crippen LogP contribution >= 0.6 is 22.6 Å². The summed E-state index contributed by atoms with van der Waals surface area (Å²) in [5, 5.41) is 4.89. The number of pyridine rings is 1. The molecule has 2 aliphatic heterocycles. The van der Waals surface area contributed by atoms with Crippen molar-refractivity contribution in [2.24, 2.45) is 0 Å². The minimum atomic E-state index is -1.25. The van der Waals surface area contributed by atoms with Gasteiger partial charge in [0.1, 0.15) is 28.6 Å². The summed E-state index contributed by atoms with van der Waals surface area (Å²) in [7, 11) is -2.50. The number of rotatable bonds is 13. The Hall–Kier alpha value is -2.08. The van der Waals surface area contributed by atoms with E-state index in [1.165, 1.54) is 0 Å². The highest BCUT2D eigenvalue weighted by molar-refractivity contribution is 14.1. The summed E-state index contributed by atoms with van der Waals surface area (Å²) in [6.07, 6.45) is 7.28. The maximum atomic E-state index is 13.2. The number of nitrogens with zero attached hydrogens (tertiary/aromatic N) is 6. The largest absolute Gasteiger partial charge is 0.444 e. The summed E-state index contributed by atoms with van der Waals surface area (Å²) in [6, 6.07) is 8.75. The maximum Gasteiger partial charge on any atom is 0.410 e. The fourth-order valence-electron chi connectivity index (χ4n) is 6.45. The fourth-order valence-corrected chi connectivity index (χ4v) is 8.28. The van der Waals surface area contributed by atoms with Gasteiger partial charge in [0, 0.05) is 76.4 Å². The minimum Gasteiger partial charge on any atom is -0.444 e.